The van der Waals surface area contributed by atoms with Crippen LogP contribution in [0.2, 0.25) is 0 Å². The minimum atomic E-state index is 1.00. The summed E-state index contributed by atoms with van der Waals surface area (Å²) in [6, 6.07) is 0. The van der Waals surface area contributed by atoms with Gasteiger partial charge in [0.2, 0.25) is 0 Å². The molecule has 0 rings (SSSR count). The molecule has 0 N–H and O–H groups in total. The number of quaternary nitrogens is 1. The molecule has 0 aromatic carbocycles. The van der Waals surface area contributed by atoms with E-state index in [1.165, 1.54) is 140 Å². The first-order valence-corrected chi connectivity index (χ1v) is 12.9. The zero-order chi connectivity index (χ0) is 22.1. The van der Waals surface area contributed by atoms with Crippen molar-refractivity contribution in [2.75, 3.05) is 26.7 Å². The predicted molar refractivity (Wildman–Crippen MR) is 130 cm³/mol. The van der Waals surface area contributed by atoms with Gasteiger partial charge in [-0.15, -0.1) is 5.34 Å². The molecule has 29 heavy (non-hydrogen) atoms. The largest absolute Gasteiger partial charge is 0.444 e. The van der Waals surface area contributed by atoms with E-state index in [-0.39, 0.29) is 0 Å². The molecule has 0 bridgehead atoms. The Labute approximate surface area is 183 Å². The van der Waals surface area contributed by atoms with Gasteiger partial charge in [0.25, 0.3) is 0 Å². The van der Waals surface area contributed by atoms with Crippen LogP contribution in [0.15, 0.2) is 5.34 Å². The monoisotopic (exact) mass is 414 g/mol. The lowest BCUT2D eigenvalue weighted by Crippen LogP contribution is -2.46. The van der Waals surface area contributed by atoms with Crippen LogP contribution in [-0.2, 0) is 0 Å². The first kappa shape index (κ1) is 30.6. The van der Waals surface area contributed by atoms with Gasteiger partial charge < -0.3 is 14.6 Å². The van der Waals surface area contributed by atoms with Gasteiger partial charge in [-0.25, -0.2) is 0 Å². The van der Waals surface area contributed by atoms with E-state index in [4.69, 9.17) is 10.1 Å². The molecule has 4 heteroatoms. The maximum Gasteiger partial charge on any atom is 0.0784 e. The average molecular weight is 415 g/mol. The fraction of sp³-hybridized carbons (Fsp3) is 1.00. The van der Waals surface area contributed by atoms with Gasteiger partial charge in [-0.05, 0) is 38.5 Å². The molecule has 0 saturated heterocycles. The van der Waals surface area contributed by atoms with Crippen LogP contribution in [0.3, 0.4) is 0 Å². The van der Waals surface area contributed by atoms with Crippen molar-refractivity contribution in [1.29, 1.82) is 0 Å². The molecule has 0 radical (unpaired) electrons. The Bertz CT molecular complexity index is 270. The summed E-state index contributed by atoms with van der Waals surface area (Å²) in [6.07, 6.45) is 25.9. The summed E-state index contributed by atoms with van der Waals surface area (Å²) in [6.45, 7) is 11.2. The number of hydrogen-bond donors (Lipinski definition) is 0. The molecule has 0 heterocycles. The Kier molecular flexibility index (Phi) is 26.8. The third-order valence-electron chi connectivity index (χ3n) is 6.15. The molecule has 0 saturated carbocycles. The highest BCUT2D eigenvalue weighted by Crippen LogP contribution is 2.16. The highest BCUT2D eigenvalue weighted by molar-refractivity contribution is 4.51. The second-order valence-corrected chi connectivity index (χ2v) is 9.17. The van der Waals surface area contributed by atoms with Crippen LogP contribution in [-0.4, -0.2) is 31.2 Å². The van der Waals surface area contributed by atoms with Crippen molar-refractivity contribution in [1.82, 2.24) is 0 Å². The standard InChI is InChI=1S/C25H54N.HNO2/c1-5-8-11-14-17-20-23-26(4,24-21-18-15-12-9-6-2)25-22-19-16-13-10-7-3;2-1-3/h5-25H2,1-4H3;(H,2,3)/q+1;/p-1. The maximum absolute atomic E-state index is 8.00. The van der Waals surface area contributed by atoms with Crippen LogP contribution in [0.1, 0.15) is 136 Å². The van der Waals surface area contributed by atoms with E-state index in [0.29, 0.717) is 0 Å². The third-order valence-corrected chi connectivity index (χ3v) is 6.15. The molecule has 0 unspecified atom stereocenters. The molecular weight excluding hydrogens is 360 g/mol. The lowest BCUT2D eigenvalue weighted by atomic mass is 10.1. The number of unbranched alkanes of at least 4 members (excludes halogenated alkanes) is 15. The lowest BCUT2D eigenvalue weighted by Gasteiger charge is -2.35. The molecular formula is C25H54N2O2. The van der Waals surface area contributed by atoms with Crippen molar-refractivity contribution >= 4 is 0 Å². The van der Waals surface area contributed by atoms with Crippen molar-refractivity contribution in [3.8, 4) is 0 Å². The summed E-state index contributed by atoms with van der Waals surface area (Å²) in [5.74, 6) is 0. The fourth-order valence-corrected chi connectivity index (χ4v) is 4.16. The molecule has 0 aromatic rings. The smallest absolute Gasteiger partial charge is 0.0784 e. The van der Waals surface area contributed by atoms with Gasteiger partial charge in [0, 0.05) is 0 Å². The summed E-state index contributed by atoms with van der Waals surface area (Å²) in [5, 5.41) is 9.00. The molecule has 176 valence electrons. The summed E-state index contributed by atoms with van der Waals surface area (Å²) in [5.41, 5.74) is 0. The van der Waals surface area contributed by atoms with E-state index in [1.54, 1.807) is 0 Å². The van der Waals surface area contributed by atoms with Crippen LogP contribution in [0.5, 0.6) is 0 Å². The van der Waals surface area contributed by atoms with Gasteiger partial charge in [-0.1, -0.05) is 97.8 Å². The van der Waals surface area contributed by atoms with Crippen LogP contribution in [0.4, 0.5) is 0 Å². The Morgan fingerprint density at radius 2 is 0.724 bits per heavy atom. The fourth-order valence-electron chi connectivity index (χ4n) is 4.16. The molecule has 0 amide bonds. The van der Waals surface area contributed by atoms with Crippen LogP contribution < -0.4 is 0 Å². The summed E-state index contributed by atoms with van der Waals surface area (Å²) in [7, 11) is 2.56. The van der Waals surface area contributed by atoms with E-state index in [2.05, 4.69) is 27.8 Å². The average Bonchev–Trinajstić information content (AvgIpc) is 2.71. The SMILES string of the molecule is CCCCCCCC[N+](C)(CCCCCCCC)CCCCCCCC.O=N[O-]. The normalized spacial score (nSPS) is 11.2. The zero-order valence-corrected chi connectivity index (χ0v) is 20.6. The summed E-state index contributed by atoms with van der Waals surface area (Å²) < 4.78 is 1.36. The van der Waals surface area contributed by atoms with Crippen LogP contribution in [0.25, 0.3) is 0 Å². The van der Waals surface area contributed by atoms with Gasteiger partial charge in [0.1, 0.15) is 0 Å². The molecule has 0 aliphatic heterocycles. The van der Waals surface area contributed by atoms with E-state index in [0.717, 1.165) is 5.34 Å². The maximum atomic E-state index is 8.00. The zero-order valence-electron chi connectivity index (χ0n) is 20.6. The molecule has 0 spiro atoms. The lowest BCUT2D eigenvalue weighted by molar-refractivity contribution is -0.910. The molecule has 0 aliphatic rings. The quantitative estimate of drug-likeness (QED) is 0.0815. The van der Waals surface area contributed by atoms with Crippen molar-refractivity contribution in [3.63, 3.8) is 0 Å². The van der Waals surface area contributed by atoms with Gasteiger partial charge in [0.15, 0.2) is 0 Å². The Balaban J connectivity index is 0. The highest BCUT2D eigenvalue weighted by atomic mass is 16.6. The molecule has 0 fully saturated rings. The molecule has 0 atom stereocenters. The number of rotatable bonds is 21. The van der Waals surface area contributed by atoms with Gasteiger partial charge in [-0.3, -0.25) is 0 Å². The second kappa shape index (κ2) is 25.4. The van der Waals surface area contributed by atoms with Gasteiger partial charge in [-0.2, -0.15) is 0 Å². The first-order valence-electron chi connectivity index (χ1n) is 12.9. The van der Waals surface area contributed by atoms with E-state index in [1.807, 2.05) is 0 Å². The number of hydrogen-bond acceptors (Lipinski definition) is 3. The van der Waals surface area contributed by atoms with Gasteiger partial charge >= 0.3 is 0 Å². The van der Waals surface area contributed by atoms with Crippen LogP contribution >= 0.6 is 0 Å². The second-order valence-electron chi connectivity index (χ2n) is 9.17. The summed E-state index contributed by atoms with van der Waals surface area (Å²) >= 11 is 0. The van der Waals surface area contributed by atoms with Gasteiger partial charge in [0.05, 0.1) is 26.7 Å². The topological polar surface area (TPSA) is 52.5 Å². The minimum absolute atomic E-state index is 1.00. The first-order chi connectivity index (χ1) is 14.1. The third kappa shape index (κ3) is 25.3. The highest BCUT2D eigenvalue weighted by Gasteiger charge is 2.20. The van der Waals surface area contributed by atoms with E-state index >= 15 is 0 Å². The Morgan fingerprint density at radius 1 is 0.517 bits per heavy atom. The van der Waals surface area contributed by atoms with Crippen molar-refractivity contribution < 1.29 is 4.48 Å². The van der Waals surface area contributed by atoms with E-state index in [9.17, 15) is 0 Å². The van der Waals surface area contributed by atoms with Crippen molar-refractivity contribution in [2.45, 2.75) is 136 Å². The molecule has 0 aromatic heterocycles. The van der Waals surface area contributed by atoms with Crippen molar-refractivity contribution in [2.24, 2.45) is 5.34 Å². The van der Waals surface area contributed by atoms with Crippen molar-refractivity contribution in [3.05, 3.63) is 10.1 Å². The molecule has 4 nitrogen and oxygen atoms in total. The minimum Gasteiger partial charge on any atom is -0.444 e. The Morgan fingerprint density at radius 3 is 0.966 bits per heavy atom. The van der Waals surface area contributed by atoms with E-state index < -0.39 is 0 Å². The van der Waals surface area contributed by atoms with Crippen LogP contribution in [0, 0.1) is 10.1 Å². The Hall–Kier alpha value is -0.640. The number of nitrogens with zero attached hydrogens (tertiary/aromatic N) is 2. The molecule has 0 aliphatic carbocycles. The predicted octanol–water partition coefficient (Wildman–Crippen LogP) is 8.77. The summed E-state index contributed by atoms with van der Waals surface area (Å²) in [4.78, 5) is 8.00.